The summed E-state index contributed by atoms with van der Waals surface area (Å²) in [7, 11) is 0. The van der Waals surface area contributed by atoms with Gasteiger partial charge in [-0.25, -0.2) is 9.59 Å². The van der Waals surface area contributed by atoms with E-state index >= 15 is 0 Å². The van der Waals surface area contributed by atoms with Crippen LogP contribution in [0.25, 0.3) is 0 Å². The Kier molecular flexibility index (Phi) is 7.47. The number of hydrogen-bond acceptors (Lipinski definition) is 5. The average molecular weight is 362 g/mol. The van der Waals surface area contributed by atoms with Gasteiger partial charge in [0.2, 0.25) is 0 Å². The van der Waals surface area contributed by atoms with Gasteiger partial charge >= 0.3 is 12.0 Å². The van der Waals surface area contributed by atoms with Crippen LogP contribution in [0.4, 0.5) is 4.79 Å². The standard InChI is InChI=1S/C19H26N2O5/c1-4-10-25-15-8-6-14(7-9-15)17-16(13(3)20-19(23)21-17)18(22)26-12-11-24-5-2/h6-9,17H,4-5,10-12H2,1-3H3,(H2,20,21,23)/t17-/m0/s1. The van der Waals surface area contributed by atoms with E-state index in [2.05, 4.69) is 10.6 Å². The summed E-state index contributed by atoms with van der Waals surface area (Å²) in [5, 5.41) is 5.40. The quantitative estimate of drug-likeness (QED) is 0.521. The maximum atomic E-state index is 12.5. The Balaban J connectivity index is 2.16. The average Bonchev–Trinajstić information content (AvgIpc) is 2.63. The zero-order valence-corrected chi connectivity index (χ0v) is 15.5. The number of esters is 1. The number of benzene rings is 1. The van der Waals surface area contributed by atoms with E-state index in [1.54, 1.807) is 6.92 Å². The van der Waals surface area contributed by atoms with Gasteiger partial charge in [-0.1, -0.05) is 19.1 Å². The molecule has 2 amide bonds. The predicted molar refractivity (Wildman–Crippen MR) is 96.8 cm³/mol. The van der Waals surface area contributed by atoms with Crippen LogP contribution in [-0.2, 0) is 14.3 Å². The van der Waals surface area contributed by atoms with Gasteiger partial charge in [-0.05, 0) is 38.0 Å². The molecule has 0 unspecified atom stereocenters. The normalized spacial score (nSPS) is 16.7. The monoisotopic (exact) mass is 362 g/mol. The molecule has 1 aliphatic heterocycles. The van der Waals surface area contributed by atoms with Gasteiger partial charge in [-0.3, -0.25) is 0 Å². The minimum Gasteiger partial charge on any atom is -0.494 e. The van der Waals surface area contributed by atoms with Crippen LogP contribution in [0.15, 0.2) is 35.5 Å². The van der Waals surface area contributed by atoms with Gasteiger partial charge in [0.15, 0.2) is 0 Å². The molecule has 0 saturated heterocycles. The summed E-state index contributed by atoms with van der Waals surface area (Å²) in [5.74, 6) is 0.267. The molecule has 0 aliphatic carbocycles. The molecule has 1 aromatic rings. The fraction of sp³-hybridized carbons (Fsp3) is 0.474. The van der Waals surface area contributed by atoms with Crippen LogP contribution in [-0.4, -0.2) is 38.4 Å². The first kappa shape index (κ1) is 19.8. The van der Waals surface area contributed by atoms with E-state index in [1.165, 1.54) is 0 Å². The van der Waals surface area contributed by atoms with E-state index in [1.807, 2.05) is 38.1 Å². The van der Waals surface area contributed by atoms with Crippen LogP contribution in [0, 0.1) is 0 Å². The molecule has 0 radical (unpaired) electrons. The van der Waals surface area contributed by atoms with Gasteiger partial charge in [-0.2, -0.15) is 0 Å². The van der Waals surface area contributed by atoms with Gasteiger partial charge in [0.1, 0.15) is 12.4 Å². The van der Waals surface area contributed by atoms with Gasteiger partial charge < -0.3 is 24.8 Å². The molecule has 1 aliphatic rings. The minimum absolute atomic E-state index is 0.161. The summed E-state index contributed by atoms with van der Waals surface area (Å²) in [6.07, 6.45) is 0.922. The SMILES string of the molecule is CCCOc1ccc([C@@H]2NC(=O)NC(C)=C2C(=O)OCCOCC)cc1. The molecule has 7 nitrogen and oxygen atoms in total. The molecule has 1 atom stereocenters. The molecule has 1 aromatic carbocycles. The molecule has 7 heteroatoms. The fourth-order valence-corrected chi connectivity index (χ4v) is 2.61. The Morgan fingerprint density at radius 2 is 1.85 bits per heavy atom. The highest BCUT2D eigenvalue weighted by atomic mass is 16.6. The number of allylic oxidation sites excluding steroid dienone is 1. The molecule has 0 saturated carbocycles. The number of ether oxygens (including phenoxy) is 3. The fourth-order valence-electron chi connectivity index (χ4n) is 2.61. The van der Waals surface area contributed by atoms with Crippen molar-refractivity contribution in [2.45, 2.75) is 33.2 Å². The topological polar surface area (TPSA) is 85.9 Å². The zero-order valence-electron chi connectivity index (χ0n) is 15.5. The van der Waals surface area contributed by atoms with Crippen LogP contribution in [0.5, 0.6) is 5.75 Å². The van der Waals surface area contributed by atoms with Crippen molar-refractivity contribution in [2.75, 3.05) is 26.4 Å². The lowest BCUT2D eigenvalue weighted by Crippen LogP contribution is -2.45. The third-order valence-corrected chi connectivity index (χ3v) is 3.84. The lowest BCUT2D eigenvalue weighted by atomic mass is 9.95. The molecule has 1 heterocycles. The molecule has 0 fully saturated rings. The zero-order chi connectivity index (χ0) is 18.9. The van der Waals surface area contributed by atoms with Crippen molar-refractivity contribution in [3.8, 4) is 5.75 Å². The minimum atomic E-state index is -0.580. The van der Waals surface area contributed by atoms with Crippen molar-refractivity contribution in [3.05, 3.63) is 41.1 Å². The van der Waals surface area contributed by atoms with Crippen molar-refractivity contribution < 1.29 is 23.8 Å². The Morgan fingerprint density at radius 1 is 1.12 bits per heavy atom. The van der Waals surface area contributed by atoms with Crippen molar-refractivity contribution in [3.63, 3.8) is 0 Å². The first-order valence-corrected chi connectivity index (χ1v) is 8.82. The second kappa shape index (κ2) is 9.82. The molecule has 2 rings (SSSR count). The number of carbonyl (C=O) groups excluding carboxylic acids is 2. The molecule has 0 aromatic heterocycles. The highest BCUT2D eigenvalue weighted by molar-refractivity contribution is 5.95. The summed E-state index contributed by atoms with van der Waals surface area (Å²) in [6, 6.07) is 6.39. The number of rotatable bonds is 9. The second-order valence-corrected chi connectivity index (χ2v) is 5.82. The first-order chi connectivity index (χ1) is 12.6. The van der Waals surface area contributed by atoms with Crippen LogP contribution >= 0.6 is 0 Å². The van der Waals surface area contributed by atoms with Gasteiger partial charge in [-0.15, -0.1) is 0 Å². The first-order valence-electron chi connectivity index (χ1n) is 8.82. The van der Waals surface area contributed by atoms with Crippen molar-refractivity contribution in [1.29, 1.82) is 0 Å². The second-order valence-electron chi connectivity index (χ2n) is 5.82. The Morgan fingerprint density at radius 3 is 2.50 bits per heavy atom. The van der Waals surface area contributed by atoms with E-state index in [-0.39, 0.29) is 12.6 Å². The maximum absolute atomic E-state index is 12.5. The Labute approximate surface area is 153 Å². The van der Waals surface area contributed by atoms with Crippen LogP contribution in [0.3, 0.4) is 0 Å². The lowest BCUT2D eigenvalue weighted by Gasteiger charge is -2.28. The number of urea groups is 1. The van der Waals surface area contributed by atoms with Gasteiger partial charge in [0.05, 0.1) is 24.8 Å². The molecule has 142 valence electrons. The third kappa shape index (κ3) is 5.23. The smallest absolute Gasteiger partial charge is 0.338 e. The highest BCUT2D eigenvalue weighted by Crippen LogP contribution is 2.28. The summed E-state index contributed by atoms with van der Waals surface area (Å²) < 4.78 is 16.0. The number of amides is 2. The molecule has 0 spiro atoms. The highest BCUT2D eigenvalue weighted by Gasteiger charge is 2.32. The molecular formula is C19H26N2O5. The van der Waals surface area contributed by atoms with Crippen LogP contribution in [0.2, 0.25) is 0 Å². The molecule has 0 bridgehead atoms. The van der Waals surface area contributed by atoms with Crippen molar-refractivity contribution in [2.24, 2.45) is 0 Å². The maximum Gasteiger partial charge on any atom is 0.338 e. The van der Waals surface area contributed by atoms with Gasteiger partial charge in [0.25, 0.3) is 0 Å². The van der Waals surface area contributed by atoms with Gasteiger partial charge in [0, 0.05) is 12.3 Å². The molecule has 2 N–H and O–H groups in total. The molecule has 26 heavy (non-hydrogen) atoms. The van der Waals surface area contributed by atoms with Crippen molar-refractivity contribution in [1.82, 2.24) is 10.6 Å². The third-order valence-electron chi connectivity index (χ3n) is 3.84. The molecular weight excluding hydrogens is 336 g/mol. The lowest BCUT2D eigenvalue weighted by molar-refractivity contribution is -0.141. The summed E-state index contributed by atoms with van der Waals surface area (Å²) >= 11 is 0. The van der Waals surface area contributed by atoms with E-state index in [0.29, 0.717) is 31.1 Å². The largest absolute Gasteiger partial charge is 0.494 e. The van der Waals surface area contributed by atoms with E-state index in [4.69, 9.17) is 14.2 Å². The van der Waals surface area contributed by atoms with Crippen LogP contribution < -0.4 is 15.4 Å². The van der Waals surface area contributed by atoms with Crippen LogP contribution in [0.1, 0.15) is 38.8 Å². The van der Waals surface area contributed by atoms with E-state index in [0.717, 1.165) is 17.7 Å². The Hall–Kier alpha value is -2.54. The number of hydrogen-bond donors (Lipinski definition) is 2. The van der Waals surface area contributed by atoms with E-state index < -0.39 is 12.0 Å². The number of nitrogens with one attached hydrogen (secondary N) is 2. The summed E-state index contributed by atoms with van der Waals surface area (Å²) in [5.41, 5.74) is 1.63. The Bertz CT molecular complexity index is 654. The summed E-state index contributed by atoms with van der Waals surface area (Å²) in [6.45, 7) is 7.29. The summed E-state index contributed by atoms with van der Waals surface area (Å²) in [4.78, 5) is 24.4. The number of carbonyl (C=O) groups is 2. The van der Waals surface area contributed by atoms with Crippen molar-refractivity contribution >= 4 is 12.0 Å². The van der Waals surface area contributed by atoms with E-state index in [9.17, 15) is 9.59 Å². The predicted octanol–water partition coefficient (Wildman–Crippen LogP) is 2.68.